The van der Waals surface area contributed by atoms with E-state index < -0.39 is 8.80 Å². The molecule has 0 aromatic carbocycles. The second kappa shape index (κ2) is 3.13. The molecule has 1 nitrogen and oxygen atoms in total. The van der Waals surface area contributed by atoms with Crippen molar-refractivity contribution in [2.75, 3.05) is 0 Å². The molecule has 0 aliphatic heterocycles. The van der Waals surface area contributed by atoms with Crippen LogP contribution < -0.4 is 0 Å². The molecule has 0 saturated heterocycles. The van der Waals surface area contributed by atoms with Crippen LogP contribution in [0.4, 0.5) is 0 Å². The van der Waals surface area contributed by atoms with Gasteiger partial charge >= 0.3 is 0 Å². The Bertz CT molecular complexity index is 160. The zero-order chi connectivity index (χ0) is 6.69. The van der Waals surface area contributed by atoms with Crippen LogP contribution in [0.25, 0.3) is 0 Å². The standard InChI is InChI=1S/C6H11NSSi/c1-9(2)5-6-7-3-4-8-6/h3-4,9H,5H2,1-2H3. The van der Waals surface area contributed by atoms with E-state index in [0.717, 1.165) is 0 Å². The molecule has 50 valence electrons. The van der Waals surface area contributed by atoms with Crippen LogP contribution in [0.15, 0.2) is 11.6 Å². The van der Waals surface area contributed by atoms with E-state index in [2.05, 4.69) is 18.1 Å². The molecule has 0 spiro atoms. The predicted molar refractivity (Wildman–Crippen MR) is 44.7 cm³/mol. The van der Waals surface area contributed by atoms with E-state index in [9.17, 15) is 0 Å². The predicted octanol–water partition coefficient (Wildman–Crippen LogP) is 1.71. The molecule has 0 fully saturated rings. The molecule has 0 N–H and O–H groups in total. The van der Waals surface area contributed by atoms with E-state index in [1.165, 1.54) is 11.1 Å². The van der Waals surface area contributed by atoms with Gasteiger partial charge in [0.2, 0.25) is 0 Å². The average molecular weight is 157 g/mol. The summed E-state index contributed by atoms with van der Waals surface area (Å²) in [5.41, 5.74) is 0. The first-order chi connectivity index (χ1) is 4.29. The van der Waals surface area contributed by atoms with Gasteiger partial charge in [-0.25, -0.2) is 0 Å². The maximum Gasteiger partial charge on any atom is 0.0895 e. The zero-order valence-corrected chi connectivity index (χ0v) is 7.77. The quantitative estimate of drug-likeness (QED) is 0.596. The molecule has 0 unspecified atom stereocenters. The minimum atomic E-state index is -0.415. The van der Waals surface area contributed by atoms with Gasteiger partial charge in [0.1, 0.15) is 0 Å². The van der Waals surface area contributed by atoms with E-state index in [0.29, 0.717) is 0 Å². The van der Waals surface area contributed by atoms with E-state index in [1.54, 1.807) is 11.3 Å². The summed E-state index contributed by atoms with van der Waals surface area (Å²) >= 11 is 1.77. The summed E-state index contributed by atoms with van der Waals surface area (Å²) in [4.78, 5) is 4.21. The third-order valence-electron chi connectivity index (χ3n) is 1.07. The molecule has 0 bridgehead atoms. The Balaban J connectivity index is 2.48. The van der Waals surface area contributed by atoms with Gasteiger partial charge < -0.3 is 0 Å². The first-order valence-electron chi connectivity index (χ1n) is 3.17. The Morgan fingerprint density at radius 3 is 2.89 bits per heavy atom. The molecule has 9 heavy (non-hydrogen) atoms. The molecule has 0 aliphatic carbocycles. The number of nitrogens with zero attached hydrogens (tertiary/aromatic N) is 1. The van der Waals surface area contributed by atoms with Crippen molar-refractivity contribution in [3.63, 3.8) is 0 Å². The van der Waals surface area contributed by atoms with Crippen LogP contribution in [0, 0.1) is 0 Å². The molecule has 0 saturated carbocycles. The van der Waals surface area contributed by atoms with Gasteiger partial charge in [-0.15, -0.1) is 11.3 Å². The molecular weight excluding hydrogens is 146 g/mol. The molecule has 0 aliphatic rings. The molecule has 1 rings (SSSR count). The lowest BCUT2D eigenvalue weighted by molar-refractivity contribution is 1.24. The van der Waals surface area contributed by atoms with Gasteiger partial charge in [-0.3, -0.25) is 4.98 Å². The van der Waals surface area contributed by atoms with Crippen molar-refractivity contribution in [3.05, 3.63) is 16.6 Å². The molecule has 0 radical (unpaired) electrons. The fourth-order valence-electron chi connectivity index (χ4n) is 0.703. The fourth-order valence-corrected chi connectivity index (χ4v) is 3.29. The molecule has 0 atom stereocenters. The molecule has 1 aromatic rings. The van der Waals surface area contributed by atoms with Gasteiger partial charge in [-0.2, -0.15) is 0 Å². The normalized spacial score (nSPS) is 10.6. The number of rotatable bonds is 2. The highest BCUT2D eigenvalue weighted by atomic mass is 32.1. The van der Waals surface area contributed by atoms with Crippen molar-refractivity contribution in [1.29, 1.82) is 0 Å². The van der Waals surface area contributed by atoms with E-state index >= 15 is 0 Å². The van der Waals surface area contributed by atoms with Gasteiger partial charge in [-0.1, -0.05) is 13.1 Å². The minimum absolute atomic E-state index is 0.415. The first-order valence-corrected chi connectivity index (χ1v) is 7.18. The van der Waals surface area contributed by atoms with Crippen molar-refractivity contribution in [1.82, 2.24) is 4.98 Å². The van der Waals surface area contributed by atoms with Crippen LogP contribution >= 0.6 is 11.3 Å². The Labute approximate surface area is 61.4 Å². The van der Waals surface area contributed by atoms with Crippen LogP contribution in [0.1, 0.15) is 5.01 Å². The lowest BCUT2D eigenvalue weighted by Crippen LogP contribution is -2.04. The summed E-state index contributed by atoms with van der Waals surface area (Å²) in [5.74, 6) is 0. The monoisotopic (exact) mass is 157 g/mol. The van der Waals surface area contributed by atoms with Crippen molar-refractivity contribution in [2.24, 2.45) is 0 Å². The lowest BCUT2D eigenvalue weighted by Gasteiger charge is -1.95. The highest BCUT2D eigenvalue weighted by molar-refractivity contribution is 7.09. The van der Waals surface area contributed by atoms with Gasteiger partial charge in [-0.05, 0) is 6.04 Å². The fraction of sp³-hybridized carbons (Fsp3) is 0.500. The molecular formula is C6H11NSSi. The van der Waals surface area contributed by atoms with Gasteiger partial charge in [0.25, 0.3) is 0 Å². The minimum Gasteiger partial charge on any atom is -0.250 e. The van der Waals surface area contributed by atoms with Crippen LogP contribution in [0.5, 0.6) is 0 Å². The zero-order valence-electron chi connectivity index (χ0n) is 5.79. The van der Waals surface area contributed by atoms with Gasteiger partial charge in [0.15, 0.2) is 0 Å². The largest absolute Gasteiger partial charge is 0.250 e. The Morgan fingerprint density at radius 1 is 1.67 bits per heavy atom. The number of hydrogen-bond acceptors (Lipinski definition) is 2. The topological polar surface area (TPSA) is 12.9 Å². The van der Waals surface area contributed by atoms with E-state index in [1.807, 2.05) is 11.6 Å². The average Bonchev–Trinajstić information content (AvgIpc) is 2.15. The van der Waals surface area contributed by atoms with E-state index in [4.69, 9.17) is 0 Å². The lowest BCUT2D eigenvalue weighted by atomic mass is 10.8. The second-order valence-electron chi connectivity index (χ2n) is 2.52. The Morgan fingerprint density at radius 2 is 2.44 bits per heavy atom. The second-order valence-corrected chi connectivity index (χ2v) is 6.70. The van der Waals surface area contributed by atoms with E-state index in [-0.39, 0.29) is 0 Å². The van der Waals surface area contributed by atoms with Crippen molar-refractivity contribution >= 4 is 20.1 Å². The third kappa shape index (κ3) is 2.28. The molecule has 3 heteroatoms. The number of aromatic nitrogens is 1. The molecule has 1 aromatic heterocycles. The molecule has 1 heterocycles. The molecule has 0 amide bonds. The highest BCUT2D eigenvalue weighted by Crippen LogP contribution is 2.05. The van der Waals surface area contributed by atoms with Crippen molar-refractivity contribution in [2.45, 2.75) is 19.1 Å². The SMILES string of the molecule is C[SiH](C)Cc1nccs1. The van der Waals surface area contributed by atoms with Gasteiger partial charge in [0, 0.05) is 20.4 Å². The Kier molecular flexibility index (Phi) is 2.42. The van der Waals surface area contributed by atoms with Crippen LogP contribution in [-0.2, 0) is 6.04 Å². The highest BCUT2D eigenvalue weighted by Gasteiger charge is 1.98. The maximum atomic E-state index is 4.21. The van der Waals surface area contributed by atoms with Crippen LogP contribution in [-0.4, -0.2) is 13.8 Å². The van der Waals surface area contributed by atoms with Crippen molar-refractivity contribution < 1.29 is 0 Å². The maximum absolute atomic E-state index is 4.21. The third-order valence-corrected chi connectivity index (χ3v) is 3.37. The summed E-state index contributed by atoms with van der Waals surface area (Å²) in [6.07, 6.45) is 1.89. The summed E-state index contributed by atoms with van der Waals surface area (Å²) in [6, 6.07) is 1.26. The van der Waals surface area contributed by atoms with Crippen LogP contribution in [0.3, 0.4) is 0 Å². The summed E-state index contributed by atoms with van der Waals surface area (Å²) in [6.45, 7) is 4.70. The Hall–Kier alpha value is -0.153. The summed E-state index contributed by atoms with van der Waals surface area (Å²) in [7, 11) is -0.415. The van der Waals surface area contributed by atoms with Crippen molar-refractivity contribution in [3.8, 4) is 0 Å². The summed E-state index contributed by atoms with van der Waals surface area (Å²) < 4.78 is 0. The van der Waals surface area contributed by atoms with Crippen LogP contribution in [0.2, 0.25) is 13.1 Å². The first kappa shape index (κ1) is 6.96. The van der Waals surface area contributed by atoms with Gasteiger partial charge in [0.05, 0.1) is 5.01 Å². The number of thiazole rings is 1. The smallest absolute Gasteiger partial charge is 0.0895 e. The summed E-state index contributed by atoms with van der Waals surface area (Å²) in [5, 5.41) is 3.36. The number of hydrogen-bond donors (Lipinski definition) is 0.